The molecule has 2 heterocycles. The number of amides is 13. The maximum Gasteiger partial charge on any atom is 0.248 e. The fourth-order valence-electron chi connectivity index (χ4n) is 15.9. The Bertz CT molecular complexity index is 2990. The number of aliphatic hydroxyl groups is 1. The highest BCUT2D eigenvalue weighted by Gasteiger charge is 2.46. The number of ether oxygens (including phenoxy) is 1. The molecule has 616 valence electrons. The van der Waals surface area contributed by atoms with Crippen LogP contribution in [0.2, 0.25) is 0 Å². The molecule has 28 nitrogen and oxygen atoms in total. The molecule has 2 aliphatic carbocycles. The van der Waals surface area contributed by atoms with Crippen molar-refractivity contribution in [1.82, 2.24) is 66.2 Å². The van der Waals surface area contributed by atoms with Crippen molar-refractivity contribution in [3.8, 4) is 0 Å². The van der Waals surface area contributed by atoms with Gasteiger partial charge < -0.3 is 76.0 Å². The summed E-state index contributed by atoms with van der Waals surface area (Å²) in [5.74, 6) is -11.2. The Kier molecular flexibility index (Phi) is 38.7. The Morgan fingerprint density at radius 2 is 0.972 bits per heavy atom. The van der Waals surface area contributed by atoms with Crippen molar-refractivity contribution >= 4 is 76.8 Å². The molecule has 7 N–H and O–H groups in total. The van der Waals surface area contributed by atoms with Crippen LogP contribution >= 0.6 is 0 Å². The molecule has 4 aliphatic rings. The van der Waals surface area contributed by atoms with E-state index in [4.69, 9.17) is 4.74 Å². The first-order chi connectivity index (χ1) is 50.7. The maximum absolute atomic E-state index is 15.8. The van der Waals surface area contributed by atoms with E-state index in [-0.39, 0.29) is 105 Å². The van der Waals surface area contributed by atoms with Gasteiger partial charge in [0.25, 0.3) is 0 Å². The molecule has 13 amide bonds. The molecule has 28 heteroatoms. The van der Waals surface area contributed by atoms with Crippen LogP contribution in [0.15, 0.2) is 0 Å². The van der Waals surface area contributed by atoms with Crippen LogP contribution in [0.5, 0.6) is 0 Å². The molecule has 3 unspecified atom stereocenters. The summed E-state index contributed by atoms with van der Waals surface area (Å²) in [6, 6.07) is -13.2. The number of carbonyl (C=O) groups is 13. The summed E-state index contributed by atoms with van der Waals surface area (Å²) in [6.45, 7) is 25.5. The molecular formula is C80H141N13O15. The molecule has 14 atom stereocenters. The standard InChI is InChI=1S/C80H141N13O15/c1-22-23-34-93-46-67(96)87(16)60(38-48(4)5)71(98)83-58(43-55-32-33-65(108-21)56(42-55)70(97)81-15)76(103)91(20)64(41-51(10)11)78(105)89(18)61(39-49(6)7)72(99)84-59(77(104)92-35-28-25-29-36-92)45-66(95)82-57(37-47(2)3)75(102)88(17)63(44-54-30-26-24-27-31-54)74(101)85-68(52(12)13)79(106)90(19)62(40-50(8)9)73(100)86-69(53(14)94)80(93)107/h47-65,68-69,94H,22-46H2,1-21H3,(H,81,97)(H,82,95)(H,83,98)(H,84,99)(H,85,101)(H,86,100)/t53-,55?,56?,57-,58+,59+,60+,61+,62+,63+,64+,65?,68+,69+/m1/s1. The molecule has 2 saturated heterocycles. The molecule has 4 fully saturated rings. The van der Waals surface area contributed by atoms with Crippen LogP contribution < -0.4 is 31.9 Å². The van der Waals surface area contributed by atoms with E-state index in [2.05, 4.69) is 31.9 Å². The van der Waals surface area contributed by atoms with Crippen LogP contribution in [0.4, 0.5) is 0 Å². The van der Waals surface area contributed by atoms with Crippen molar-refractivity contribution in [2.45, 2.75) is 304 Å². The van der Waals surface area contributed by atoms with Crippen LogP contribution in [0, 0.1) is 53.3 Å². The Morgan fingerprint density at radius 3 is 1.49 bits per heavy atom. The molecule has 0 aromatic carbocycles. The second-order valence-corrected chi connectivity index (χ2v) is 34.1. The number of likely N-dealkylation sites (tertiary alicyclic amines) is 1. The van der Waals surface area contributed by atoms with E-state index < -0.39 is 168 Å². The first kappa shape index (κ1) is 93.4. The number of likely N-dealkylation sites (N-methyl/N-ethyl adjacent to an activating group) is 5. The third-order valence-corrected chi connectivity index (χ3v) is 22.4. The van der Waals surface area contributed by atoms with Crippen LogP contribution in [-0.2, 0) is 67.1 Å². The zero-order valence-corrected chi connectivity index (χ0v) is 69.6. The fraction of sp³-hybridized carbons (Fsp3) is 0.838. The number of hydrogen-bond acceptors (Lipinski definition) is 15. The summed E-state index contributed by atoms with van der Waals surface area (Å²) >= 11 is 0. The van der Waals surface area contributed by atoms with E-state index in [9.17, 15) is 19.5 Å². The zero-order chi connectivity index (χ0) is 81.3. The summed E-state index contributed by atoms with van der Waals surface area (Å²) < 4.78 is 5.79. The van der Waals surface area contributed by atoms with Crippen molar-refractivity contribution in [2.75, 3.05) is 75.6 Å². The van der Waals surface area contributed by atoms with Gasteiger partial charge in [0.2, 0.25) is 76.8 Å². The van der Waals surface area contributed by atoms with Gasteiger partial charge in [0, 0.05) is 69.0 Å². The highest BCUT2D eigenvalue weighted by Crippen LogP contribution is 2.36. The fourth-order valence-corrected chi connectivity index (χ4v) is 15.9. The van der Waals surface area contributed by atoms with Gasteiger partial charge in [-0.3, -0.25) is 62.3 Å². The predicted molar refractivity (Wildman–Crippen MR) is 414 cm³/mol. The summed E-state index contributed by atoms with van der Waals surface area (Å²) in [5, 5.41) is 28.8. The zero-order valence-electron chi connectivity index (χ0n) is 69.6. The minimum atomic E-state index is -1.65. The summed E-state index contributed by atoms with van der Waals surface area (Å²) in [6.07, 6.45) is 6.81. The Balaban J connectivity index is 2.04. The van der Waals surface area contributed by atoms with Gasteiger partial charge in [0.05, 0.1) is 31.1 Å². The van der Waals surface area contributed by atoms with E-state index in [1.165, 1.54) is 85.7 Å². The van der Waals surface area contributed by atoms with E-state index in [0.29, 0.717) is 51.6 Å². The maximum atomic E-state index is 15.8. The highest BCUT2D eigenvalue weighted by molar-refractivity contribution is 6.00. The number of hydrogen-bond donors (Lipinski definition) is 7. The highest BCUT2D eigenvalue weighted by atomic mass is 16.5. The lowest BCUT2D eigenvalue weighted by Gasteiger charge is -2.39. The molecular weight excluding hydrogens is 1380 g/mol. The van der Waals surface area contributed by atoms with Crippen molar-refractivity contribution in [2.24, 2.45) is 53.3 Å². The quantitative estimate of drug-likeness (QED) is 0.0714. The van der Waals surface area contributed by atoms with Gasteiger partial charge in [0.1, 0.15) is 60.4 Å². The number of carbonyl (C=O) groups excluding carboxylic acids is 13. The molecule has 0 radical (unpaired) electrons. The van der Waals surface area contributed by atoms with Gasteiger partial charge in [0.15, 0.2) is 0 Å². The monoisotopic (exact) mass is 1520 g/mol. The van der Waals surface area contributed by atoms with Gasteiger partial charge in [-0.1, -0.05) is 129 Å². The van der Waals surface area contributed by atoms with E-state index >= 15 is 47.9 Å². The summed E-state index contributed by atoms with van der Waals surface area (Å²) in [4.78, 5) is 206. The molecule has 108 heavy (non-hydrogen) atoms. The topological polar surface area (TPSA) is 346 Å². The number of unbranched alkanes of at least 4 members (excludes halogenated alkanes) is 1. The lowest BCUT2D eigenvalue weighted by Crippen LogP contribution is -2.62. The van der Waals surface area contributed by atoms with Gasteiger partial charge in [-0.2, -0.15) is 0 Å². The number of rotatable bonds is 22. The first-order valence-corrected chi connectivity index (χ1v) is 40.5. The van der Waals surface area contributed by atoms with Gasteiger partial charge >= 0.3 is 0 Å². The molecule has 0 aromatic heterocycles. The first-order valence-electron chi connectivity index (χ1n) is 40.5. The molecule has 0 aromatic rings. The molecule has 2 aliphatic heterocycles. The van der Waals surface area contributed by atoms with Crippen molar-refractivity contribution in [1.29, 1.82) is 0 Å². The Morgan fingerprint density at radius 1 is 0.500 bits per heavy atom. The predicted octanol–water partition coefficient (Wildman–Crippen LogP) is 5.40. The lowest BCUT2D eigenvalue weighted by molar-refractivity contribution is -0.151. The summed E-state index contributed by atoms with van der Waals surface area (Å²) in [5.41, 5.74) is 0. The van der Waals surface area contributed by atoms with Gasteiger partial charge in [-0.15, -0.1) is 0 Å². The van der Waals surface area contributed by atoms with Crippen molar-refractivity contribution < 1.29 is 72.2 Å². The second kappa shape index (κ2) is 44.8. The molecule has 0 spiro atoms. The minimum Gasteiger partial charge on any atom is -0.391 e. The third kappa shape index (κ3) is 27.5. The average Bonchev–Trinajstić information content (AvgIpc) is 0.813. The number of aliphatic hydroxyl groups excluding tert-OH is 1. The van der Waals surface area contributed by atoms with Crippen LogP contribution in [-0.4, -0.2) is 264 Å². The third-order valence-electron chi connectivity index (χ3n) is 22.4. The average molecular weight is 1530 g/mol. The number of methoxy groups -OCH3 is 1. The Labute approximate surface area is 645 Å². The van der Waals surface area contributed by atoms with Crippen LogP contribution in [0.3, 0.4) is 0 Å². The largest absolute Gasteiger partial charge is 0.391 e. The normalized spacial score (nSPS) is 28.1. The van der Waals surface area contributed by atoms with Crippen LogP contribution in [0.1, 0.15) is 232 Å². The number of nitrogens with one attached hydrogen (secondary N) is 6. The smallest absolute Gasteiger partial charge is 0.248 e. The van der Waals surface area contributed by atoms with Gasteiger partial charge in [-0.05, 0) is 144 Å². The molecule has 0 bridgehead atoms. The van der Waals surface area contributed by atoms with E-state index in [1.54, 1.807) is 18.7 Å². The van der Waals surface area contributed by atoms with Crippen molar-refractivity contribution in [3.63, 3.8) is 0 Å². The minimum absolute atomic E-state index is 0.00562. The van der Waals surface area contributed by atoms with Crippen molar-refractivity contribution in [3.05, 3.63) is 0 Å². The van der Waals surface area contributed by atoms with E-state index in [1.807, 2.05) is 76.2 Å². The lowest BCUT2D eigenvalue weighted by atomic mass is 9.76. The number of nitrogens with zero attached hydrogens (tertiary/aromatic N) is 7. The second-order valence-electron chi connectivity index (χ2n) is 34.1. The van der Waals surface area contributed by atoms with Gasteiger partial charge in [-0.25, -0.2) is 0 Å². The molecule has 2 saturated carbocycles. The Hall–Kier alpha value is -6.97. The summed E-state index contributed by atoms with van der Waals surface area (Å²) in [7, 11) is 10.3. The molecule has 4 rings (SSSR count). The van der Waals surface area contributed by atoms with E-state index in [0.717, 1.165) is 38.5 Å². The number of piperidine rings is 1. The SMILES string of the molecule is CCCCN1CC(=O)N(C)[C@@H](CC(C)C)C(=O)N[C@@H](CC2CCC(OC)C(C(=O)NC)C2)C(=O)N(C)[C@@H](CC(C)C)C(=O)N(C)[C@@H](CC(C)C)C(=O)N[C@H](C(=O)N2CCCCC2)CC(=O)N[C@H](CC(C)C)C(=O)N(C)[C@@H](CC2CCCCC2)C(=O)N[C@@H](C(C)C)C(=O)N(C)[C@@H](CC(C)C)C(=O)N[C@@H]([C@@H](C)O)C1=O. The van der Waals surface area contributed by atoms with Crippen LogP contribution in [0.25, 0.3) is 0 Å².